The van der Waals surface area contributed by atoms with Crippen molar-refractivity contribution in [1.82, 2.24) is 10.3 Å². The van der Waals surface area contributed by atoms with E-state index in [2.05, 4.69) is 20.3 Å². The number of nitrogens with zero attached hydrogens (tertiary/aromatic N) is 1. The molecule has 2 heterocycles. The molecular weight excluding hydrogens is 408 g/mol. The van der Waals surface area contributed by atoms with Crippen LogP contribution in [-0.4, -0.2) is 32.4 Å². The molecule has 1 aliphatic rings. The molecule has 1 fully saturated rings. The molecule has 27 heavy (non-hydrogen) atoms. The van der Waals surface area contributed by atoms with Gasteiger partial charge in [0.2, 0.25) is 5.91 Å². The molecule has 0 bridgehead atoms. The fourth-order valence-corrected chi connectivity index (χ4v) is 4.75. The Labute approximate surface area is 169 Å². The molecule has 3 N–H and O–H groups in total. The average molecular weight is 431 g/mol. The van der Waals surface area contributed by atoms with Crippen molar-refractivity contribution in [1.29, 1.82) is 0 Å². The number of halogens is 1. The third kappa shape index (κ3) is 6.46. The molecule has 1 aromatic heterocycles. The monoisotopic (exact) mass is 430 g/mol. The number of nitrogens with one attached hydrogen (secondary N) is 3. The summed E-state index contributed by atoms with van der Waals surface area (Å²) in [6.07, 6.45) is 5.03. The first-order valence-electron chi connectivity index (χ1n) is 8.56. The number of piperidine rings is 1. The predicted molar refractivity (Wildman–Crippen MR) is 110 cm³/mol. The number of sulfonamides is 1. The molecule has 1 aromatic carbocycles. The van der Waals surface area contributed by atoms with Crippen LogP contribution >= 0.6 is 23.7 Å². The number of hydrogen-bond acceptors (Lipinski definition) is 6. The lowest BCUT2D eigenvalue weighted by molar-refractivity contribution is -0.116. The number of aromatic nitrogens is 1. The second kappa shape index (κ2) is 10.0. The summed E-state index contributed by atoms with van der Waals surface area (Å²) in [5.74, 6) is 0.488. The highest BCUT2D eigenvalue weighted by Gasteiger charge is 2.17. The van der Waals surface area contributed by atoms with Crippen molar-refractivity contribution in [2.75, 3.05) is 23.1 Å². The molecular formula is C17H23ClN4O3S2. The van der Waals surface area contributed by atoms with E-state index in [9.17, 15) is 13.2 Å². The smallest absolute Gasteiger partial charge is 0.263 e. The number of hydrogen-bond donors (Lipinski definition) is 3. The molecule has 2 aromatic rings. The van der Waals surface area contributed by atoms with Crippen molar-refractivity contribution in [3.8, 4) is 0 Å². The van der Waals surface area contributed by atoms with Gasteiger partial charge in [0.1, 0.15) is 0 Å². The second-order valence-electron chi connectivity index (χ2n) is 6.25. The van der Waals surface area contributed by atoms with Gasteiger partial charge in [-0.1, -0.05) is 6.07 Å². The fraction of sp³-hybridized carbons (Fsp3) is 0.412. The highest BCUT2D eigenvalue weighted by atomic mass is 35.5. The molecule has 0 aliphatic carbocycles. The molecule has 148 valence electrons. The summed E-state index contributed by atoms with van der Waals surface area (Å²) in [4.78, 5) is 16.2. The lowest BCUT2D eigenvalue weighted by Gasteiger charge is -2.22. The van der Waals surface area contributed by atoms with Gasteiger partial charge >= 0.3 is 0 Å². The van der Waals surface area contributed by atoms with Crippen molar-refractivity contribution >= 4 is 50.5 Å². The maximum absolute atomic E-state index is 12.4. The number of anilines is 2. The zero-order chi connectivity index (χ0) is 18.4. The molecule has 7 nitrogen and oxygen atoms in total. The zero-order valence-corrected chi connectivity index (χ0v) is 17.1. The first-order valence-corrected chi connectivity index (χ1v) is 10.9. The topological polar surface area (TPSA) is 100 Å². The van der Waals surface area contributed by atoms with E-state index in [-0.39, 0.29) is 23.2 Å². The van der Waals surface area contributed by atoms with Gasteiger partial charge in [0, 0.05) is 23.7 Å². The van der Waals surface area contributed by atoms with E-state index in [1.165, 1.54) is 29.7 Å². The van der Waals surface area contributed by atoms with Crippen LogP contribution in [0.2, 0.25) is 0 Å². The summed E-state index contributed by atoms with van der Waals surface area (Å²) >= 11 is 1.20. The maximum atomic E-state index is 12.4. The minimum absolute atomic E-state index is 0. The highest BCUT2D eigenvalue weighted by Crippen LogP contribution is 2.21. The summed E-state index contributed by atoms with van der Waals surface area (Å²) in [5.41, 5.74) is 0.474. The van der Waals surface area contributed by atoms with Gasteiger partial charge in [-0.15, -0.1) is 23.7 Å². The van der Waals surface area contributed by atoms with Crippen molar-refractivity contribution in [2.45, 2.75) is 30.6 Å². The van der Waals surface area contributed by atoms with Gasteiger partial charge < -0.3 is 10.6 Å². The van der Waals surface area contributed by atoms with Crippen molar-refractivity contribution in [2.24, 2.45) is 5.92 Å². The second-order valence-corrected chi connectivity index (χ2v) is 8.83. The van der Waals surface area contributed by atoms with Crippen LogP contribution in [0.5, 0.6) is 0 Å². The number of carbonyl (C=O) groups excluding carboxylic acids is 1. The Hall–Kier alpha value is -1.68. The molecule has 3 rings (SSSR count). The zero-order valence-electron chi connectivity index (χ0n) is 14.7. The standard InChI is InChI=1S/C17H22N4O3S2.ClH/c22-16(5-4-13-6-8-18-9-7-13)20-14-2-1-3-15(12-14)26(23,24)21-17-19-10-11-25-17;/h1-3,10-13,18H,4-9H2,(H,19,21)(H,20,22);1H. The van der Waals surface area contributed by atoms with Crippen molar-refractivity contribution in [3.63, 3.8) is 0 Å². The molecule has 10 heteroatoms. The first kappa shape index (κ1) is 21.6. The summed E-state index contributed by atoms with van der Waals surface area (Å²) in [6.45, 7) is 2.02. The molecule has 0 spiro atoms. The number of carbonyl (C=O) groups is 1. The third-order valence-corrected chi connectivity index (χ3v) is 6.47. The Balaban J connectivity index is 0.00000261. The molecule has 1 amide bonds. The lowest BCUT2D eigenvalue weighted by Crippen LogP contribution is -2.28. The van der Waals surface area contributed by atoms with Crippen LogP contribution in [-0.2, 0) is 14.8 Å². The Kier molecular flexibility index (Phi) is 8.03. The minimum atomic E-state index is -3.73. The Morgan fingerprint density at radius 2 is 2.07 bits per heavy atom. The van der Waals surface area contributed by atoms with Gasteiger partial charge in [0.05, 0.1) is 4.90 Å². The molecule has 0 unspecified atom stereocenters. The average Bonchev–Trinajstić information content (AvgIpc) is 3.13. The van der Waals surface area contributed by atoms with Gasteiger partial charge in [-0.05, 0) is 56.5 Å². The van der Waals surface area contributed by atoms with Crippen LogP contribution in [0.15, 0.2) is 40.7 Å². The van der Waals surface area contributed by atoms with Crippen LogP contribution < -0.4 is 15.4 Å². The molecule has 0 radical (unpaired) electrons. The molecule has 0 atom stereocenters. The van der Waals surface area contributed by atoms with Gasteiger partial charge in [0.15, 0.2) is 5.13 Å². The van der Waals surface area contributed by atoms with Crippen LogP contribution in [0.3, 0.4) is 0 Å². The summed E-state index contributed by atoms with van der Waals surface area (Å²) in [5, 5.41) is 8.10. The quantitative estimate of drug-likeness (QED) is 0.626. The van der Waals surface area contributed by atoms with Gasteiger partial charge in [-0.2, -0.15) is 0 Å². The van der Waals surface area contributed by atoms with Crippen LogP contribution in [0.1, 0.15) is 25.7 Å². The van der Waals surface area contributed by atoms with E-state index in [0.29, 0.717) is 23.2 Å². The SMILES string of the molecule is Cl.O=C(CCC1CCNCC1)Nc1cccc(S(=O)(=O)Nc2nccs2)c1. The van der Waals surface area contributed by atoms with Gasteiger partial charge in [-0.3, -0.25) is 9.52 Å². The van der Waals surface area contributed by atoms with E-state index >= 15 is 0 Å². The molecule has 0 saturated carbocycles. The molecule has 1 saturated heterocycles. The van der Waals surface area contributed by atoms with E-state index in [1.54, 1.807) is 17.5 Å². The number of rotatable bonds is 7. The van der Waals surface area contributed by atoms with E-state index in [0.717, 1.165) is 32.4 Å². The fourth-order valence-electron chi connectivity index (χ4n) is 2.92. The minimum Gasteiger partial charge on any atom is -0.326 e. The van der Waals surface area contributed by atoms with Crippen molar-refractivity contribution in [3.05, 3.63) is 35.8 Å². The number of benzene rings is 1. The summed E-state index contributed by atoms with van der Waals surface area (Å²) < 4.78 is 27.2. The van der Waals surface area contributed by atoms with Crippen molar-refractivity contribution < 1.29 is 13.2 Å². The first-order chi connectivity index (χ1) is 12.5. The predicted octanol–water partition coefficient (Wildman–Crippen LogP) is 3.08. The van der Waals surface area contributed by atoms with Crippen LogP contribution in [0, 0.1) is 5.92 Å². The largest absolute Gasteiger partial charge is 0.326 e. The van der Waals surface area contributed by atoms with Crippen LogP contribution in [0.4, 0.5) is 10.8 Å². The summed E-state index contributed by atoms with van der Waals surface area (Å²) in [7, 11) is -3.73. The molecule has 1 aliphatic heterocycles. The third-order valence-electron chi connectivity index (χ3n) is 4.32. The Morgan fingerprint density at radius 3 is 2.78 bits per heavy atom. The number of amides is 1. The van der Waals surface area contributed by atoms with E-state index < -0.39 is 10.0 Å². The Morgan fingerprint density at radius 1 is 1.30 bits per heavy atom. The normalized spacial score (nSPS) is 15.0. The summed E-state index contributed by atoms with van der Waals surface area (Å²) in [6, 6.07) is 6.24. The lowest BCUT2D eigenvalue weighted by atomic mass is 9.93. The van der Waals surface area contributed by atoms with E-state index in [4.69, 9.17) is 0 Å². The van der Waals surface area contributed by atoms with Crippen LogP contribution in [0.25, 0.3) is 0 Å². The van der Waals surface area contributed by atoms with Gasteiger partial charge in [0.25, 0.3) is 10.0 Å². The van der Waals surface area contributed by atoms with E-state index in [1.807, 2.05) is 0 Å². The van der Waals surface area contributed by atoms with Gasteiger partial charge in [-0.25, -0.2) is 13.4 Å². The highest BCUT2D eigenvalue weighted by molar-refractivity contribution is 7.93. The number of thiazole rings is 1. The Bertz CT molecular complexity index is 838. The maximum Gasteiger partial charge on any atom is 0.263 e.